The van der Waals surface area contributed by atoms with Crippen molar-refractivity contribution in [2.45, 2.75) is 19.4 Å². The molecular weight excluding hydrogens is 418 g/mol. The number of nitrogens with one attached hydrogen (secondary N) is 1. The lowest BCUT2D eigenvalue weighted by Crippen LogP contribution is -2.49. The van der Waals surface area contributed by atoms with Crippen molar-refractivity contribution in [2.75, 3.05) is 30.1 Å². The molecule has 5 rings (SSSR count). The molecular formula is C26H25N3O4. The molecule has 1 N–H and O–H groups in total. The molecule has 0 aromatic heterocycles. The Morgan fingerprint density at radius 1 is 0.879 bits per heavy atom. The number of anilines is 2. The van der Waals surface area contributed by atoms with Gasteiger partial charge in [0.15, 0.2) is 11.5 Å². The Balaban J connectivity index is 1.21. The summed E-state index contributed by atoms with van der Waals surface area (Å²) in [6.45, 7) is 2.12. The SMILES string of the molecule is O=C(Cc1ccccc1)Nc1ccc(N2CCCN(Cc3ccc4c(c3)OCO4)C2=O)cc1. The average molecular weight is 444 g/mol. The second-order valence-corrected chi connectivity index (χ2v) is 8.15. The summed E-state index contributed by atoms with van der Waals surface area (Å²) in [4.78, 5) is 29.1. The van der Waals surface area contributed by atoms with Crippen LogP contribution in [0.2, 0.25) is 0 Å². The first-order valence-corrected chi connectivity index (χ1v) is 11.0. The maximum absolute atomic E-state index is 13.2. The number of carbonyl (C=O) groups excluding carboxylic acids is 2. The molecule has 0 bridgehead atoms. The van der Waals surface area contributed by atoms with Crippen LogP contribution in [-0.2, 0) is 17.8 Å². The number of hydrogen-bond acceptors (Lipinski definition) is 4. The predicted octanol–water partition coefficient (Wildman–Crippen LogP) is 4.43. The molecule has 2 heterocycles. The summed E-state index contributed by atoms with van der Waals surface area (Å²) in [7, 11) is 0. The highest BCUT2D eigenvalue weighted by Gasteiger charge is 2.27. The van der Waals surface area contributed by atoms with Crippen LogP contribution < -0.4 is 19.7 Å². The van der Waals surface area contributed by atoms with Gasteiger partial charge in [0.2, 0.25) is 12.7 Å². The zero-order chi connectivity index (χ0) is 22.6. The lowest BCUT2D eigenvalue weighted by atomic mass is 10.1. The predicted molar refractivity (Wildman–Crippen MR) is 126 cm³/mol. The molecule has 3 amide bonds. The van der Waals surface area contributed by atoms with Crippen molar-refractivity contribution in [1.82, 2.24) is 4.90 Å². The summed E-state index contributed by atoms with van der Waals surface area (Å²) in [6.07, 6.45) is 1.20. The minimum Gasteiger partial charge on any atom is -0.454 e. The quantitative estimate of drug-likeness (QED) is 0.612. The van der Waals surface area contributed by atoms with Crippen LogP contribution in [0.25, 0.3) is 0 Å². The maximum Gasteiger partial charge on any atom is 0.324 e. The van der Waals surface area contributed by atoms with Crippen LogP contribution in [-0.4, -0.2) is 36.7 Å². The molecule has 168 valence electrons. The summed E-state index contributed by atoms with van der Waals surface area (Å²) >= 11 is 0. The number of fused-ring (bicyclic) bond motifs is 1. The summed E-state index contributed by atoms with van der Waals surface area (Å²) < 4.78 is 10.8. The monoisotopic (exact) mass is 443 g/mol. The standard InChI is InChI=1S/C26H25N3O4/c30-25(16-19-5-2-1-3-6-19)27-21-8-10-22(11-9-21)29-14-4-13-28(26(29)31)17-20-7-12-23-24(15-20)33-18-32-23/h1-3,5-12,15H,4,13-14,16-18H2,(H,27,30). The number of carbonyl (C=O) groups is 2. The Bertz CT molecular complexity index is 1150. The largest absolute Gasteiger partial charge is 0.454 e. The van der Waals surface area contributed by atoms with E-state index in [1.807, 2.05) is 77.7 Å². The van der Waals surface area contributed by atoms with E-state index in [2.05, 4.69) is 5.32 Å². The van der Waals surface area contributed by atoms with Crippen molar-refractivity contribution in [3.05, 3.63) is 83.9 Å². The van der Waals surface area contributed by atoms with Gasteiger partial charge in [-0.3, -0.25) is 9.69 Å². The minimum atomic E-state index is -0.0714. The highest BCUT2D eigenvalue weighted by molar-refractivity contribution is 5.94. The van der Waals surface area contributed by atoms with Gasteiger partial charge in [0.1, 0.15) is 0 Å². The van der Waals surface area contributed by atoms with E-state index in [1.54, 1.807) is 4.90 Å². The molecule has 0 unspecified atom stereocenters. The second-order valence-electron chi connectivity index (χ2n) is 8.15. The third kappa shape index (κ3) is 4.77. The number of rotatable bonds is 6. The molecule has 0 radical (unpaired) electrons. The van der Waals surface area contributed by atoms with E-state index < -0.39 is 0 Å². The van der Waals surface area contributed by atoms with Gasteiger partial charge >= 0.3 is 6.03 Å². The van der Waals surface area contributed by atoms with E-state index in [9.17, 15) is 9.59 Å². The smallest absolute Gasteiger partial charge is 0.324 e. The highest BCUT2D eigenvalue weighted by Crippen LogP contribution is 2.33. The van der Waals surface area contributed by atoms with Crippen molar-refractivity contribution in [2.24, 2.45) is 0 Å². The first-order valence-electron chi connectivity index (χ1n) is 11.0. The number of ether oxygens (including phenoxy) is 2. The summed E-state index contributed by atoms with van der Waals surface area (Å²) in [5.41, 5.74) is 3.50. The molecule has 33 heavy (non-hydrogen) atoms. The first kappa shape index (κ1) is 20.9. The van der Waals surface area contributed by atoms with Crippen LogP contribution in [0.3, 0.4) is 0 Å². The summed E-state index contributed by atoms with van der Waals surface area (Å²) in [5.74, 6) is 1.39. The fraction of sp³-hybridized carbons (Fsp3) is 0.231. The van der Waals surface area contributed by atoms with Crippen molar-refractivity contribution < 1.29 is 19.1 Å². The molecule has 0 saturated carbocycles. The summed E-state index contributed by atoms with van der Waals surface area (Å²) in [5, 5.41) is 2.92. The topological polar surface area (TPSA) is 71.1 Å². The Kier molecular flexibility index (Phi) is 5.85. The molecule has 0 atom stereocenters. The minimum absolute atomic E-state index is 0.0280. The van der Waals surface area contributed by atoms with Crippen LogP contribution in [0, 0.1) is 0 Å². The van der Waals surface area contributed by atoms with Gasteiger partial charge < -0.3 is 19.7 Å². The lowest BCUT2D eigenvalue weighted by molar-refractivity contribution is -0.115. The van der Waals surface area contributed by atoms with E-state index in [0.29, 0.717) is 31.7 Å². The highest BCUT2D eigenvalue weighted by atomic mass is 16.7. The Labute approximate surface area is 192 Å². The van der Waals surface area contributed by atoms with Gasteiger partial charge in [0, 0.05) is 31.0 Å². The number of nitrogens with zero attached hydrogens (tertiary/aromatic N) is 2. The van der Waals surface area contributed by atoms with Gasteiger partial charge in [-0.05, 0) is 53.9 Å². The van der Waals surface area contributed by atoms with Gasteiger partial charge in [-0.15, -0.1) is 0 Å². The number of amides is 3. The molecule has 1 fully saturated rings. The van der Waals surface area contributed by atoms with E-state index in [-0.39, 0.29) is 18.7 Å². The fourth-order valence-corrected chi connectivity index (χ4v) is 4.14. The zero-order valence-corrected chi connectivity index (χ0v) is 18.2. The molecule has 3 aromatic rings. The van der Waals surface area contributed by atoms with E-state index in [4.69, 9.17) is 9.47 Å². The van der Waals surface area contributed by atoms with E-state index >= 15 is 0 Å². The Hall–Kier alpha value is -4.00. The van der Waals surface area contributed by atoms with Crippen LogP contribution >= 0.6 is 0 Å². The first-order chi connectivity index (χ1) is 16.2. The van der Waals surface area contributed by atoms with Gasteiger partial charge in [0.25, 0.3) is 0 Å². The van der Waals surface area contributed by atoms with E-state index in [0.717, 1.165) is 34.7 Å². The normalized spacial score (nSPS) is 15.0. The lowest BCUT2D eigenvalue weighted by Gasteiger charge is -2.35. The Morgan fingerprint density at radius 2 is 1.67 bits per heavy atom. The molecule has 3 aromatic carbocycles. The van der Waals surface area contributed by atoms with Crippen molar-refractivity contribution in [3.63, 3.8) is 0 Å². The average Bonchev–Trinajstić information content (AvgIpc) is 3.30. The van der Waals surface area contributed by atoms with Crippen molar-refractivity contribution in [3.8, 4) is 11.5 Å². The molecule has 2 aliphatic heterocycles. The maximum atomic E-state index is 13.2. The molecule has 7 heteroatoms. The van der Waals surface area contributed by atoms with E-state index in [1.165, 1.54) is 0 Å². The molecule has 7 nitrogen and oxygen atoms in total. The second kappa shape index (κ2) is 9.24. The van der Waals surface area contributed by atoms with Gasteiger partial charge in [-0.2, -0.15) is 0 Å². The molecule has 0 spiro atoms. The van der Waals surface area contributed by atoms with Crippen LogP contribution in [0.5, 0.6) is 11.5 Å². The number of hydrogen-bond donors (Lipinski definition) is 1. The third-order valence-corrected chi connectivity index (χ3v) is 5.79. The van der Waals surface area contributed by atoms with Gasteiger partial charge in [-0.1, -0.05) is 36.4 Å². The van der Waals surface area contributed by atoms with Crippen LogP contribution in [0.4, 0.5) is 16.2 Å². The molecule has 1 saturated heterocycles. The van der Waals surface area contributed by atoms with Crippen LogP contribution in [0.1, 0.15) is 17.5 Å². The zero-order valence-electron chi connectivity index (χ0n) is 18.2. The number of urea groups is 1. The van der Waals surface area contributed by atoms with Crippen molar-refractivity contribution in [1.29, 1.82) is 0 Å². The van der Waals surface area contributed by atoms with Gasteiger partial charge in [-0.25, -0.2) is 4.79 Å². The molecule has 2 aliphatic rings. The Morgan fingerprint density at radius 3 is 2.48 bits per heavy atom. The van der Waals surface area contributed by atoms with Crippen LogP contribution in [0.15, 0.2) is 72.8 Å². The van der Waals surface area contributed by atoms with Gasteiger partial charge in [0.05, 0.1) is 6.42 Å². The summed E-state index contributed by atoms with van der Waals surface area (Å²) in [6, 6.07) is 22.8. The third-order valence-electron chi connectivity index (χ3n) is 5.79. The van der Waals surface area contributed by atoms with Crippen molar-refractivity contribution >= 4 is 23.3 Å². The molecule has 0 aliphatic carbocycles. The number of benzene rings is 3. The fourth-order valence-electron chi connectivity index (χ4n) is 4.14.